The molecule has 0 atom stereocenters. The first-order valence-corrected chi connectivity index (χ1v) is 22.5. The fourth-order valence-corrected chi connectivity index (χ4v) is 14.3. The van der Waals surface area contributed by atoms with Gasteiger partial charge >= 0.3 is 0 Å². The minimum absolute atomic E-state index is 0.0205. The van der Waals surface area contributed by atoms with Gasteiger partial charge in [-0.15, -0.1) is 0 Å². The van der Waals surface area contributed by atoms with Crippen LogP contribution in [-0.2, 0) is 21.7 Å². The summed E-state index contributed by atoms with van der Waals surface area (Å²) in [5, 5.41) is 0. The number of anilines is 3. The van der Waals surface area contributed by atoms with Crippen molar-refractivity contribution in [3.05, 3.63) is 161 Å². The lowest BCUT2D eigenvalue weighted by Gasteiger charge is -2.61. The molecule has 290 valence electrons. The van der Waals surface area contributed by atoms with Crippen LogP contribution < -0.4 is 4.90 Å². The normalized spacial score (nSPS) is 26.8. The SMILES string of the molecule is CC1(C)CCC(C)(C)c2c(N(c3ccc4c(c3)C(C)(C)c3ccccc3-4)c3cc(-c4ccccc4)cc4c3-c3ccccc3C43C4CC5CC(C4)CC3C5)cccc21. The van der Waals surface area contributed by atoms with E-state index in [9.17, 15) is 0 Å². The Labute approximate surface area is 346 Å². The highest BCUT2D eigenvalue weighted by atomic mass is 15.2. The molecule has 0 unspecified atom stereocenters. The molecule has 58 heavy (non-hydrogen) atoms. The molecule has 6 aromatic rings. The van der Waals surface area contributed by atoms with Gasteiger partial charge in [0.1, 0.15) is 0 Å². The van der Waals surface area contributed by atoms with Gasteiger partial charge in [0.15, 0.2) is 0 Å². The van der Waals surface area contributed by atoms with Gasteiger partial charge in [0.2, 0.25) is 0 Å². The number of benzene rings is 6. The number of fused-ring (bicyclic) bond motifs is 7. The maximum atomic E-state index is 2.76. The number of nitrogens with zero attached hydrogens (tertiary/aromatic N) is 1. The Hall–Kier alpha value is -4.88. The molecule has 4 saturated carbocycles. The molecular formula is C57H57N. The fourth-order valence-electron chi connectivity index (χ4n) is 14.3. The predicted octanol–water partition coefficient (Wildman–Crippen LogP) is 15.2. The number of hydrogen-bond donors (Lipinski definition) is 0. The van der Waals surface area contributed by atoms with E-state index in [1.807, 2.05) is 0 Å². The van der Waals surface area contributed by atoms with Crippen LogP contribution in [0.4, 0.5) is 17.1 Å². The smallest absolute Gasteiger partial charge is 0.0549 e. The van der Waals surface area contributed by atoms with Crippen molar-refractivity contribution in [2.24, 2.45) is 23.7 Å². The average molecular weight is 756 g/mol. The average Bonchev–Trinajstić information content (AvgIpc) is 3.64. The summed E-state index contributed by atoms with van der Waals surface area (Å²) in [6.07, 6.45) is 9.35. The van der Waals surface area contributed by atoms with Gasteiger partial charge in [0.05, 0.1) is 11.4 Å². The van der Waals surface area contributed by atoms with E-state index in [1.165, 1.54) is 118 Å². The van der Waals surface area contributed by atoms with E-state index in [0.29, 0.717) is 11.8 Å². The van der Waals surface area contributed by atoms with Crippen LogP contribution in [0.3, 0.4) is 0 Å². The van der Waals surface area contributed by atoms with Gasteiger partial charge in [-0.05, 0) is 171 Å². The molecule has 6 aromatic carbocycles. The molecule has 4 fully saturated rings. The first kappa shape index (κ1) is 35.1. The van der Waals surface area contributed by atoms with Crippen molar-refractivity contribution in [1.29, 1.82) is 0 Å². The molecule has 0 aromatic heterocycles. The minimum atomic E-state index is -0.101. The van der Waals surface area contributed by atoms with Crippen LogP contribution in [0.5, 0.6) is 0 Å². The van der Waals surface area contributed by atoms with Crippen molar-refractivity contribution in [2.75, 3.05) is 4.90 Å². The highest BCUT2D eigenvalue weighted by Gasteiger charge is 2.62. The molecule has 0 amide bonds. The largest absolute Gasteiger partial charge is 0.310 e. The maximum Gasteiger partial charge on any atom is 0.0549 e. The van der Waals surface area contributed by atoms with Crippen molar-refractivity contribution in [1.82, 2.24) is 0 Å². The van der Waals surface area contributed by atoms with Gasteiger partial charge in [-0.1, -0.05) is 139 Å². The van der Waals surface area contributed by atoms with Gasteiger partial charge in [-0.2, -0.15) is 0 Å². The summed E-state index contributed by atoms with van der Waals surface area (Å²) >= 11 is 0. The summed E-state index contributed by atoms with van der Waals surface area (Å²) in [5.41, 5.74) is 21.5. The van der Waals surface area contributed by atoms with Crippen LogP contribution in [0.25, 0.3) is 33.4 Å². The molecule has 0 N–H and O–H groups in total. The first-order valence-electron chi connectivity index (χ1n) is 22.5. The molecular weight excluding hydrogens is 699 g/mol. The number of hydrogen-bond acceptors (Lipinski definition) is 1. The minimum Gasteiger partial charge on any atom is -0.310 e. The zero-order valence-electron chi connectivity index (χ0n) is 35.3. The second kappa shape index (κ2) is 11.9. The fraction of sp³-hybridized carbons (Fsp3) is 0.368. The van der Waals surface area contributed by atoms with E-state index >= 15 is 0 Å². The Morgan fingerprint density at radius 3 is 1.81 bits per heavy atom. The van der Waals surface area contributed by atoms with Crippen LogP contribution in [0, 0.1) is 23.7 Å². The zero-order chi connectivity index (χ0) is 39.3. The molecule has 0 saturated heterocycles. The quantitative estimate of drug-likeness (QED) is 0.173. The van der Waals surface area contributed by atoms with Crippen molar-refractivity contribution < 1.29 is 0 Å². The summed E-state index contributed by atoms with van der Waals surface area (Å²) in [5.74, 6) is 3.19. The molecule has 0 heterocycles. The van der Waals surface area contributed by atoms with Crippen molar-refractivity contribution >= 4 is 17.1 Å². The topological polar surface area (TPSA) is 3.24 Å². The third-order valence-corrected chi connectivity index (χ3v) is 16.9. The summed E-state index contributed by atoms with van der Waals surface area (Å²) < 4.78 is 0. The van der Waals surface area contributed by atoms with Crippen LogP contribution in [0.1, 0.15) is 120 Å². The maximum absolute atomic E-state index is 2.76. The third kappa shape index (κ3) is 4.60. The van der Waals surface area contributed by atoms with Gasteiger partial charge in [0.25, 0.3) is 0 Å². The second-order valence-corrected chi connectivity index (χ2v) is 21.2. The van der Waals surface area contributed by atoms with Crippen molar-refractivity contribution in [2.45, 2.75) is 108 Å². The Bertz CT molecular complexity index is 2640. The lowest BCUT2D eigenvalue weighted by atomic mass is 9.43. The van der Waals surface area contributed by atoms with Gasteiger partial charge < -0.3 is 4.90 Å². The summed E-state index contributed by atoms with van der Waals surface area (Å²) in [6.45, 7) is 14.8. The van der Waals surface area contributed by atoms with Crippen LogP contribution in [0.15, 0.2) is 127 Å². The Kier molecular flexibility index (Phi) is 7.18. The summed E-state index contributed by atoms with van der Waals surface area (Å²) in [7, 11) is 0. The Balaban J connectivity index is 1.20. The molecule has 0 radical (unpaired) electrons. The van der Waals surface area contributed by atoms with E-state index in [1.54, 1.807) is 11.1 Å². The highest BCUT2D eigenvalue weighted by Crippen LogP contribution is 2.71. The van der Waals surface area contributed by atoms with Gasteiger partial charge in [0, 0.05) is 22.1 Å². The van der Waals surface area contributed by atoms with Crippen molar-refractivity contribution in [3.63, 3.8) is 0 Å². The van der Waals surface area contributed by atoms with Crippen molar-refractivity contribution in [3.8, 4) is 33.4 Å². The second-order valence-electron chi connectivity index (χ2n) is 21.2. The molecule has 4 bridgehead atoms. The standard InChI is InChI=1S/C57H57N/c1-54(2)25-26-55(3,4)53-47(54)21-14-22-50(53)58(41-23-24-43-42-17-10-12-19-45(42)56(5,6)48(43)34-41)51-33-38(37-15-8-7-9-16-37)32-49-52(51)44-18-11-13-20-46(44)57(49)39-28-35-27-36(30-39)31-40(57)29-35/h7-24,32-36,39-40H,25-31H2,1-6H3. The molecule has 7 aliphatic rings. The van der Waals surface area contributed by atoms with Crippen LogP contribution in [-0.4, -0.2) is 0 Å². The Morgan fingerprint density at radius 1 is 0.448 bits per heavy atom. The first-order chi connectivity index (χ1) is 28.0. The molecule has 1 heteroatoms. The highest BCUT2D eigenvalue weighted by molar-refractivity contribution is 5.99. The predicted molar refractivity (Wildman–Crippen MR) is 243 cm³/mol. The zero-order valence-corrected chi connectivity index (χ0v) is 35.3. The molecule has 13 rings (SSSR count). The monoisotopic (exact) mass is 755 g/mol. The molecule has 1 spiro atoms. The molecule has 1 nitrogen and oxygen atoms in total. The van der Waals surface area contributed by atoms with Gasteiger partial charge in [-0.25, -0.2) is 0 Å². The van der Waals surface area contributed by atoms with E-state index in [-0.39, 0.29) is 21.7 Å². The summed E-state index contributed by atoms with van der Waals surface area (Å²) in [4.78, 5) is 2.76. The lowest BCUT2D eigenvalue weighted by molar-refractivity contribution is -0.0399. The lowest BCUT2D eigenvalue weighted by Crippen LogP contribution is -2.55. The Morgan fingerprint density at radius 2 is 1.07 bits per heavy atom. The van der Waals surface area contributed by atoms with E-state index in [4.69, 9.17) is 0 Å². The van der Waals surface area contributed by atoms with Gasteiger partial charge in [-0.3, -0.25) is 0 Å². The number of rotatable bonds is 4. The van der Waals surface area contributed by atoms with E-state index in [2.05, 4.69) is 174 Å². The van der Waals surface area contributed by atoms with E-state index in [0.717, 1.165) is 11.8 Å². The summed E-state index contributed by atoms with van der Waals surface area (Å²) in [6, 6.07) is 50.2. The van der Waals surface area contributed by atoms with Crippen LogP contribution >= 0.6 is 0 Å². The molecule has 7 aliphatic carbocycles. The molecule has 0 aliphatic heterocycles. The van der Waals surface area contributed by atoms with E-state index < -0.39 is 0 Å². The third-order valence-electron chi connectivity index (χ3n) is 16.9. The van der Waals surface area contributed by atoms with Crippen LogP contribution in [0.2, 0.25) is 0 Å².